The fourth-order valence-electron chi connectivity index (χ4n) is 4.26. The molecule has 1 aliphatic heterocycles. The number of benzene rings is 1. The Labute approximate surface area is 192 Å². The molecule has 0 radical (unpaired) electrons. The predicted molar refractivity (Wildman–Crippen MR) is 121 cm³/mol. The van der Waals surface area contributed by atoms with Crippen LogP contribution in [0.3, 0.4) is 0 Å². The van der Waals surface area contributed by atoms with Gasteiger partial charge in [0.2, 0.25) is 12.1 Å². The van der Waals surface area contributed by atoms with E-state index in [1.807, 2.05) is 36.6 Å². The predicted octanol–water partition coefficient (Wildman–Crippen LogP) is 2.11. The first kappa shape index (κ1) is 21.1. The van der Waals surface area contributed by atoms with Gasteiger partial charge < -0.3 is 18.6 Å². The van der Waals surface area contributed by atoms with Crippen LogP contribution in [-0.4, -0.2) is 35.8 Å². The normalized spacial score (nSPS) is 12.6. The molecule has 1 aromatic carbocycles. The Hall–Kier alpha value is -3.79. The number of rotatable bonds is 4. The van der Waals surface area contributed by atoms with E-state index in [1.54, 1.807) is 6.07 Å². The van der Waals surface area contributed by atoms with Crippen LogP contribution < -0.4 is 20.7 Å². The zero-order valence-electron chi connectivity index (χ0n) is 18.4. The summed E-state index contributed by atoms with van der Waals surface area (Å²) in [5, 5.41) is -0.0405. The van der Waals surface area contributed by atoms with Gasteiger partial charge in [0, 0.05) is 42.8 Å². The standard InChI is InChI=1S/C22H20ClN5O5/c1-11-7-14(12(2)28(11)13-5-6-16-17(8-13)33-10-32-16)15(29)9-27-18-19(24-21(27)23)25(3)22(31)26(4)20(18)30/h5-8H,9-10H2,1-4H3. The van der Waals surface area contributed by atoms with E-state index in [4.69, 9.17) is 21.1 Å². The van der Waals surface area contributed by atoms with Crippen LogP contribution in [0.1, 0.15) is 21.7 Å². The van der Waals surface area contributed by atoms with E-state index in [1.165, 1.54) is 23.2 Å². The fraction of sp³-hybridized carbons (Fsp3) is 0.273. The lowest BCUT2D eigenvalue weighted by atomic mass is 10.1. The van der Waals surface area contributed by atoms with Crippen LogP contribution in [0, 0.1) is 13.8 Å². The van der Waals surface area contributed by atoms with Crippen molar-refractivity contribution in [1.82, 2.24) is 23.3 Å². The first-order valence-electron chi connectivity index (χ1n) is 10.1. The number of hydrogen-bond acceptors (Lipinski definition) is 6. The summed E-state index contributed by atoms with van der Waals surface area (Å²) in [5.74, 6) is 1.08. The molecule has 3 aromatic heterocycles. The van der Waals surface area contributed by atoms with Gasteiger partial charge in [-0.1, -0.05) is 0 Å². The van der Waals surface area contributed by atoms with Gasteiger partial charge in [0.25, 0.3) is 5.56 Å². The van der Waals surface area contributed by atoms with Crippen LogP contribution >= 0.6 is 11.6 Å². The maximum Gasteiger partial charge on any atom is 0.332 e. The van der Waals surface area contributed by atoms with Crippen molar-refractivity contribution >= 4 is 28.5 Å². The van der Waals surface area contributed by atoms with Gasteiger partial charge in [0.05, 0.1) is 6.54 Å². The molecule has 0 bridgehead atoms. The first-order chi connectivity index (χ1) is 15.7. The third kappa shape index (κ3) is 3.09. The summed E-state index contributed by atoms with van der Waals surface area (Å²) in [7, 11) is 2.87. The van der Waals surface area contributed by atoms with E-state index in [-0.39, 0.29) is 35.6 Å². The Balaban J connectivity index is 1.57. The molecule has 0 aliphatic carbocycles. The molecular formula is C22H20ClN5O5. The summed E-state index contributed by atoms with van der Waals surface area (Å²) in [4.78, 5) is 42.4. The number of fused-ring (bicyclic) bond motifs is 2. The molecule has 4 aromatic rings. The molecule has 10 nitrogen and oxygen atoms in total. The lowest BCUT2D eigenvalue weighted by Crippen LogP contribution is -2.37. The van der Waals surface area contributed by atoms with Crippen molar-refractivity contribution in [2.45, 2.75) is 20.4 Å². The molecule has 0 N–H and O–H groups in total. The highest BCUT2D eigenvalue weighted by Gasteiger charge is 2.23. The minimum Gasteiger partial charge on any atom is -0.454 e. The van der Waals surface area contributed by atoms with Crippen LogP contribution in [0.4, 0.5) is 0 Å². The summed E-state index contributed by atoms with van der Waals surface area (Å²) in [6.45, 7) is 3.73. The van der Waals surface area contributed by atoms with E-state index in [2.05, 4.69) is 4.98 Å². The number of imidazole rings is 1. The molecule has 4 heterocycles. The second kappa shape index (κ2) is 7.38. The van der Waals surface area contributed by atoms with Gasteiger partial charge in [-0.3, -0.25) is 18.7 Å². The molecular weight excluding hydrogens is 450 g/mol. The van der Waals surface area contributed by atoms with E-state index in [0.29, 0.717) is 17.1 Å². The third-order valence-electron chi connectivity index (χ3n) is 5.95. The number of ether oxygens (including phenoxy) is 2. The Kier molecular flexibility index (Phi) is 4.71. The molecule has 5 rings (SSSR count). The number of halogens is 1. The van der Waals surface area contributed by atoms with Gasteiger partial charge >= 0.3 is 5.69 Å². The van der Waals surface area contributed by atoms with Gasteiger partial charge in [0.15, 0.2) is 28.4 Å². The molecule has 0 atom stereocenters. The minimum absolute atomic E-state index is 0.0405. The van der Waals surface area contributed by atoms with Gasteiger partial charge in [0.1, 0.15) is 0 Å². The summed E-state index contributed by atoms with van der Waals surface area (Å²) in [6.07, 6.45) is 0. The third-order valence-corrected chi connectivity index (χ3v) is 6.24. The zero-order valence-corrected chi connectivity index (χ0v) is 19.1. The van der Waals surface area contributed by atoms with Crippen LogP contribution in [0.5, 0.6) is 11.5 Å². The fourth-order valence-corrected chi connectivity index (χ4v) is 4.48. The highest BCUT2D eigenvalue weighted by Crippen LogP contribution is 2.35. The van der Waals surface area contributed by atoms with Crippen molar-refractivity contribution in [2.24, 2.45) is 14.1 Å². The maximum absolute atomic E-state index is 13.3. The Morgan fingerprint density at radius 1 is 1.09 bits per heavy atom. The van der Waals surface area contributed by atoms with E-state index < -0.39 is 11.2 Å². The molecule has 0 spiro atoms. The number of carbonyl (C=O) groups is 1. The number of ketones is 1. The van der Waals surface area contributed by atoms with E-state index in [0.717, 1.165) is 21.6 Å². The van der Waals surface area contributed by atoms with Crippen molar-refractivity contribution in [3.05, 3.63) is 67.3 Å². The highest BCUT2D eigenvalue weighted by atomic mass is 35.5. The average molecular weight is 470 g/mol. The van der Waals surface area contributed by atoms with Crippen LogP contribution in [0.15, 0.2) is 33.9 Å². The van der Waals surface area contributed by atoms with Gasteiger partial charge in [-0.05, 0) is 43.6 Å². The monoisotopic (exact) mass is 469 g/mol. The molecule has 11 heteroatoms. The van der Waals surface area contributed by atoms with Crippen LogP contribution in [-0.2, 0) is 20.6 Å². The Bertz CT molecular complexity index is 1590. The summed E-state index contributed by atoms with van der Waals surface area (Å²) in [6, 6.07) is 7.38. The second-order valence-electron chi connectivity index (χ2n) is 7.93. The first-order valence-corrected chi connectivity index (χ1v) is 10.5. The molecule has 0 saturated heterocycles. The van der Waals surface area contributed by atoms with Crippen molar-refractivity contribution < 1.29 is 14.3 Å². The molecule has 0 unspecified atom stereocenters. The smallest absolute Gasteiger partial charge is 0.332 e. The quantitative estimate of drug-likeness (QED) is 0.335. The number of Topliss-reactive ketones (excluding diaryl/α,β-unsaturated/α-hetero) is 1. The van der Waals surface area contributed by atoms with E-state index >= 15 is 0 Å². The molecule has 0 amide bonds. The number of hydrogen-bond donors (Lipinski definition) is 0. The molecule has 33 heavy (non-hydrogen) atoms. The lowest BCUT2D eigenvalue weighted by Gasteiger charge is -2.11. The van der Waals surface area contributed by atoms with E-state index in [9.17, 15) is 14.4 Å². The Morgan fingerprint density at radius 3 is 2.58 bits per heavy atom. The number of aryl methyl sites for hydroxylation is 2. The van der Waals surface area contributed by atoms with Crippen molar-refractivity contribution in [1.29, 1.82) is 0 Å². The summed E-state index contributed by atoms with van der Waals surface area (Å²) < 4.78 is 16.3. The topological polar surface area (TPSA) is 102 Å². The van der Waals surface area contributed by atoms with Crippen molar-refractivity contribution in [2.75, 3.05) is 6.79 Å². The van der Waals surface area contributed by atoms with Crippen LogP contribution in [0.2, 0.25) is 5.28 Å². The molecule has 170 valence electrons. The number of aromatic nitrogens is 5. The van der Waals surface area contributed by atoms with Gasteiger partial charge in [-0.25, -0.2) is 4.79 Å². The number of nitrogens with zero attached hydrogens (tertiary/aromatic N) is 5. The average Bonchev–Trinajstić information content (AvgIpc) is 3.46. The SMILES string of the molecule is Cc1cc(C(=O)Cn2c(Cl)nc3c2c(=O)n(C)c(=O)n3C)c(C)n1-c1ccc2c(c1)OCO2. The zero-order chi connectivity index (χ0) is 23.6. The maximum atomic E-state index is 13.3. The Morgan fingerprint density at radius 2 is 1.82 bits per heavy atom. The molecule has 1 aliphatic rings. The van der Waals surface area contributed by atoms with Crippen LogP contribution in [0.25, 0.3) is 16.9 Å². The largest absolute Gasteiger partial charge is 0.454 e. The molecule has 0 fully saturated rings. The van der Waals surface area contributed by atoms with Gasteiger partial charge in [-0.2, -0.15) is 4.98 Å². The molecule has 0 saturated carbocycles. The lowest BCUT2D eigenvalue weighted by molar-refractivity contribution is 0.0972. The number of carbonyl (C=O) groups excluding carboxylic acids is 1. The van der Waals surface area contributed by atoms with Crippen molar-refractivity contribution in [3.8, 4) is 17.2 Å². The minimum atomic E-state index is -0.564. The van der Waals surface area contributed by atoms with Gasteiger partial charge in [-0.15, -0.1) is 0 Å². The second-order valence-corrected chi connectivity index (χ2v) is 8.26. The van der Waals surface area contributed by atoms with Crippen molar-refractivity contribution in [3.63, 3.8) is 0 Å². The highest BCUT2D eigenvalue weighted by molar-refractivity contribution is 6.29. The summed E-state index contributed by atoms with van der Waals surface area (Å²) in [5.41, 5.74) is 2.06. The summed E-state index contributed by atoms with van der Waals surface area (Å²) >= 11 is 6.28.